The molecule has 1 saturated heterocycles. The van der Waals surface area contributed by atoms with Crippen LogP contribution in [0.2, 0.25) is 0 Å². The first kappa shape index (κ1) is 14.9. The molecule has 1 aromatic rings. The van der Waals surface area contributed by atoms with Crippen molar-refractivity contribution in [2.75, 3.05) is 18.0 Å². The van der Waals surface area contributed by atoms with E-state index in [0.29, 0.717) is 11.6 Å². The van der Waals surface area contributed by atoms with Gasteiger partial charge in [0.15, 0.2) is 0 Å². The lowest BCUT2D eigenvalue weighted by molar-refractivity contribution is 0.276. The third-order valence-electron chi connectivity index (χ3n) is 5.40. The summed E-state index contributed by atoms with van der Waals surface area (Å²) in [7, 11) is 0. The van der Waals surface area contributed by atoms with Gasteiger partial charge in [-0.05, 0) is 42.9 Å². The van der Waals surface area contributed by atoms with Crippen LogP contribution >= 0.6 is 0 Å². The average molecular weight is 286 g/mol. The Morgan fingerprint density at radius 3 is 2.29 bits per heavy atom. The standard InChI is InChI=1S/C19H30N2/c1-15-13-20-19(11-5-6-12-19)14-21(15)17-9-7-16(8-10-17)18(2,3)4/h7-10,15,20H,5-6,11-14H2,1-4H3. The molecule has 1 aliphatic heterocycles. The minimum atomic E-state index is 0.236. The number of piperazine rings is 1. The van der Waals surface area contributed by atoms with Crippen LogP contribution in [-0.4, -0.2) is 24.7 Å². The predicted octanol–water partition coefficient (Wildman–Crippen LogP) is 4.10. The Morgan fingerprint density at radius 1 is 1.10 bits per heavy atom. The molecule has 1 aliphatic carbocycles. The molecule has 1 aromatic carbocycles. The largest absolute Gasteiger partial charge is 0.366 e. The van der Waals surface area contributed by atoms with Crippen LogP contribution in [0.25, 0.3) is 0 Å². The lowest BCUT2D eigenvalue weighted by atomic mass is 9.86. The molecule has 0 amide bonds. The second-order valence-electron chi connectivity index (χ2n) is 8.14. The fraction of sp³-hybridized carbons (Fsp3) is 0.684. The lowest BCUT2D eigenvalue weighted by Gasteiger charge is -2.46. The molecule has 2 nitrogen and oxygen atoms in total. The third-order valence-corrected chi connectivity index (χ3v) is 5.40. The van der Waals surface area contributed by atoms with Crippen LogP contribution in [0.4, 0.5) is 5.69 Å². The zero-order valence-corrected chi connectivity index (χ0v) is 14.1. The highest BCUT2D eigenvalue weighted by molar-refractivity contribution is 5.50. The molecule has 3 rings (SSSR count). The zero-order chi connectivity index (χ0) is 15.1. The van der Waals surface area contributed by atoms with Gasteiger partial charge in [0.25, 0.3) is 0 Å². The van der Waals surface area contributed by atoms with E-state index in [9.17, 15) is 0 Å². The minimum absolute atomic E-state index is 0.236. The molecule has 2 aliphatic rings. The van der Waals surface area contributed by atoms with E-state index in [-0.39, 0.29) is 5.41 Å². The third kappa shape index (κ3) is 2.96. The smallest absolute Gasteiger partial charge is 0.0387 e. The average Bonchev–Trinajstić information content (AvgIpc) is 2.90. The van der Waals surface area contributed by atoms with Gasteiger partial charge in [-0.15, -0.1) is 0 Å². The van der Waals surface area contributed by atoms with Crippen LogP contribution in [0.5, 0.6) is 0 Å². The first-order chi connectivity index (χ1) is 9.90. The van der Waals surface area contributed by atoms with Gasteiger partial charge in [0.05, 0.1) is 0 Å². The summed E-state index contributed by atoms with van der Waals surface area (Å²) < 4.78 is 0. The summed E-state index contributed by atoms with van der Waals surface area (Å²) in [5.41, 5.74) is 3.43. The summed E-state index contributed by atoms with van der Waals surface area (Å²) in [5.74, 6) is 0. The molecule has 1 atom stereocenters. The summed E-state index contributed by atoms with van der Waals surface area (Å²) in [6.07, 6.45) is 5.46. The van der Waals surface area contributed by atoms with Crippen molar-refractivity contribution < 1.29 is 0 Å². The Hall–Kier alpha value is -1.02. The summed E-state index contributed by atoms with van der Waals surface area (Å²) in [5, 5.41) is 3.84. The van der Waals surface area contributed by atoms with Crippen LogP contribution in [0.3, 0.4) is 0 Å². The molecular formula is C19H30N2. The van der Waals surface area contributed by atoms with Crippen molar-refractivity contribution in [2.24, 2.45) is 0 Å². The molecule has 0 bridgehead atoms. The number of nitrogens with zero attached hydrogens (tertiary/aromatic N) is 1. The molecular weight excluding hydrogens is 256 g/mol. The highest BCUT2D eigenvalue weighted by Crippen LogP contribution is 2.35. The topological polar surface area (TPSA) is 15.3 Å². The molecule has 0 aromatic heterocycles. The van der Waals surface area contributed by atoms with E-state index in [2.05, 4.69) is 62.2 Å². The molecule has 0 radical (unpaired) electrons. The maximum atomic E-state index is 3.84. The Kier molecular flexibility index (Phi) is 3.77. The van der Waals surface area contributed by atoms with E-state index in [1.54, 1.807) is 0 Å². The number of rotatable bonds is 1. The highest BCUT2D eigenvalue weighted by atomic mass is 15.3. The molecule has 116 valence electrons. The minimum Gasteiger partial charge on any atom is -0.366 e. The van der Waals surface area contributed by atoms with Gasteiger partial charge < -0.3 is 10.2 Å². The summed E-state index contributed by atoms with van der Waals surface area (Å²) in [4.78, 5) is 2.62. The first-order valence-corrected chi connectivity index (χ1v) is 8.52. The van der Waals surface area contributed by atoms with Gasteiger partial charge in [0.2, 0.25) is 0 Å². The van der Waals surface area contributed by atoms with Gasteiger partial charge in [0.1, 0.15) is 0 Å². The number of nitrogens with one attached hydrogen (secondary N) is 1. The maximum Gasteiger partial charge on any atom is 0.0387 e. The Balaban J connectivity index is 1.81. The molecule has 1 heterocycles. The van der Waals surface area contributed by atoms with E-state index in [1.807, 2.05) is 0 Å². The van der Waals surface area contributed by atoms with Gasteiger partial charge >= 0.3 is 0 Å². The number of anilines is 1. The van der Waals surface area contributed by atoms with Gasteiger partial charge in [-0.2, -0.15) is 0 Å². The number of hydrogen-bond acceptors (Lipinski definition) is 2. The maximum absolute atomic E-state index is 3.84. The zero-order valence-electron chi connectivity index (χ0n) is 14.1. The summed E-state index contributed by atoms with van der Waals surface area (Å²) >= 11 is 0. The highest BCUT2D eigenvalue weighted by Gasteiger charge is 2.39. The van der Waals surface area contributed by atoms with Crippen molar-refractivity contribution in [3.63, 3.8) is 0 Å². The van der Waals surface area contributed by atoms with E-state index in [4.69, 9.17) is 0 Å². The van der Waals surface area contributed by atoms with E-state index in [1.165, 1.54) is 43.5 Å². The van der Waals surface area contributed by atoms with E-state index >= 15 is 0 Å². The van der Waals surface area contributed by atoms with Crippen molar-refractivity contribution in [3.05, 3.63) is 29.8 Å². The van der Waals surface area contributed by atoms with Crippen molar-refractivity contribution in [3.8, 4) is 0 Å². The quantitative estimate of drug-likeness (QED) is 0.836. The van der Waals surface area contributed by atoms with Crippen LogP contribution < -0.4 is 10.2 Å². The fourth-order valence-electron chi connectivity index (χ4n) is 3.90. The summed E-state index contributed by atoms with van der Waals surface area (Å²) in [6, 6.07) is 9.85. The molecule has 1 spiro atoms. The Morgan fingerprint density at radius 2 is 1.71 bits per heavy atom. The second kappa shape index (κ2) is 5.31. The molecule has 1 N–H and O–H groups in total. The van der Waals surface area contributed by atoms with Crippen LogP contribution in [0.1, 0.15) is 58.9 Å². The Labute approximate surface area is 129 Å². The van der Waals surface area contributed by atoms with E-state index in [0.717, 1.165) is 6.54 Å². The van der Waals surface area contributed by atoms with Gasteiger partial charge in [-0.1, -0.05) is 45.7 Å². The van der Waals surface area contributed by atoms with Crippen LogP contribution in [0.15, 0.2) is 24.3 Å². The lowest BCUT2D eigenvalue weighted by Crippen LogP contribution is -2.62. The van der Waals surface area contributed by atoms with Gasteiger partial charge in [0, 0.05) is 30.4 Å². The molecule has 1 saturated carbocycles. The van der Waals surface area contributed by atoms with Crippen molar-refractivity contribution in [2.45, 2.75) is 70.4 Å². The SMILES string of the molecule is CC1CNC2(CCCC2)CN1c1ccc(C(C)(C)C)cc1. The van der Waals surface area contributed by atoms with Crippen molar-refractivity contribution in [1.29, 1.82) is 0 Å². The molecule has 21 heavy (non-hydrogen) atoms. The summed E-state index contributed by atoms with van der Waals surface area (Å²) in [6.45, 7) is 11.5. The monoisotopic (exact) mass is 286 g/mol. The van der Waals surface area contributed by atoms with Crippen LogP contribution in [-0.2, 0) is 5.41 Å². The van der Waals surface area contributed by atoms with Gasteiger partial charge in [-0.25, -0.2) is 0 Å². The first-order valence-electron chi connectivity index (χ1n) is 8.52. The van der Waals surface area contributed by atoms with Gasteiger partial charge in [-0.3, -0.25) is 0 Å². The predicted molar refractivity (Wildman–Crippen MR) is 91.2 cm³/mol. The molecule has 2 heteroatoms. The number of benzene rings is 1. The van der Waals surface area contributed by atoms with Crippen molar-refractivity contribution >= 4 is 5.69 Å². The van der Waals surface area contributed by atoms with E-state index < -0.39 is 0 Å². The normalized spacial score (nSPS) is 25.5. The molecule has 2 fully saturated rings. The second-order valence-corrected chi connectivity index (χ2v) is 8.14. The van der Waals surface area contributed by atoms with Crippen LogP contribution in [0, 0.1) is 0 Å². The van der Waals surface area contributed by atoms with Crippen molar-refractivity contribution in [1.82, 2.24) is 5.32 Å². The Bertz CT molecular complexity index is 477. The number of hydrogen-bond donors (Lipinski definition) is 1. The molecule has 1 unspecified atom stereocenters. The fourth-order valence-corrected chi connectivity index (χ4v) is 3.90.